The fraction of sp³-hybridized carbons (Fsp3) is 0.357. The first-order valence-electron chi connectivity index (χ1n) is 6.90. The summed E-state index contributed by atoms with van der Waals surface area (Å²) in [7, 11) is 0. The molecule has 6 nitrogen and oxygen atoms in total. The smallest absolute Gasteiger partial charge is 0.318 e. The number of alkyl halides is 2. The van der Waals surface area contributed by atoms with Gasteiger partial charge < -0.3 is 4.90 Å². The Labute approximate surface area is 125 Å². The Kier molecular flexibility index (Phi) is 3.74. The maximum absolute atomic E-state index is 13.1. The number of anilines is 1. The van der Waals surface area contributed by atoms with Crippen LogP contribution < -0.4 is 5.32 Å². The van der Waals surface area contributed by atoms with E-state index in [0.29, 0.717) is 6.54 Å². The molecule has 0 unspecified atom stereocenters. The van der Waals surface area contributed by atoms with Crippen LogP contribution in [0.25, 0.3) is 0 Å². The minimum atomic E-state index is -2.80. The molecule has 1 fully saturated rings. The van der Waals surface area contributed by atoms with E-state index in [2.05, 4.69) is 15.6 Å². The van der Waals surface area contributed by atoms with Crippen LogP contribution in [0.5, 0.6) is 0 Å². The van der Waals surface area contributed by atoms with Crippen molar-refractivity contribution in [3.8, 4) is 0 Å². The van der Waals surface area contributed by atoms with Gasteiger partial charge in [0.15, 0.2) is 5.82 Å². The summed E-state index contributed by atoms with van der Waals surface area (Å²) in [6.45, 7) is -0.000528. The number of nitrogens with one attached hydrogen (secondary N) is 1. The van der Waals surface area contributed by atoms with Crippen molar-refractivity contribution in [2.24, 2.45) is 0 Å². The molecule has 0 atom stereocenters. The molecule has 2 amide bonds. The summed E-state index contributed by atoms with van der Waals surface area (Å²) < 4.78 is 27.7. The van der Waals surface area contributed by atoms with Gasteiger partial charge in [-0.15, -0.1) is 5.10 Å². The number of rotatable bonds is 3. The van der Waals surface area contributed by atoms with Crippen LogP contribution in [0, 0.1) is 0 Å². The van der Waals surface area contributed by atoms with Gasteiger partial charge in [-0.25, -0.2) is 18.3 Å². The summed E-state index contributed by atoms with van der Waals surface area (Å²) in [6.07, 6.45) is 1.26. The van der Waals surface area contributed by atoms with Crippen molar-refractivity contribution in [2.75, 3.05) is 18.4 Å². The number of hydrogen-bond donors (Lipinski definition) is 1. The van der Waals surface area contributed by atoms with Crippen molar-refractivity contribution in [3.05, 3.63) is 42.1 Å². The third kappa shape index (κ3) is 3.38. The highest BCUT2D eigenvalue weighted by Gasteiger charge is 2.40. The number of hydrogen-bond acceptors (Lipinski definition) is 3. The van der Waals surface area contributed by atoms with Crippen LogP contribution in [0.15, 0.2) is 36.5 Å². The number of carbonyl (C=O) groups excluding carboxylic acids is 1. The zero-order valence-electron chi connectivity index (χ0n) is 11.7. The van der Waals surface area contributed by atoms with Gasteiger partial charge in [0.05, 0.1) is 19.3 Å². The lowest BCUT2D eigenvalue weighted by Crippen LogP contribution is -2.35. The maximum atomic E-state index is 13.1. The lowest BCUT2D eigenvalue weighted by atomic mass is 10.2. The molecule has 1 saturated heterocycles. The first-order valence-corrected chi connectivity index (χ1v) is 6.90. The fourth-order valence-corrected chi connectivity index (χ4v) is 2.30. The second kappa shape index (κ2) is 5.70. The zero-order chi connectivity index (χ0) is 15.6. The van der Waals surface area contributed by atoms with Crippen molar-refractivity contribution in [1.82, 2.24) is 19.9 Å². The van der Waals surface area contributed by atoms with E-state index in [0.717, 1.165) is 10.5 Å². The average Bonchev–Trinajstić information content (AvgIpc) is 3.06. The summed E-state index contributed by atoms with van der Waals surface area (Å²) in [6, 6.07) is 9.08. The lowest BCUT2D eigenvalue weighted by Gasteiger charge is -2.15. The molecule has 3 rings (SSSR count). The van der Waals surface area contributed by atoms with E-state index in [1.807, 2.05) is 30.3 Å². The second-order valence-electron chi connectivity index (χ2n) is 5.24. The molecular weight excluding hydrogens is 292 g/mol. The SMILES string of the molecule is O=C(Nc1cn(Cc2ccccc2)nn1)N1CCC(F)(F)C1. The molecule has 1 N–H and O–H groups in total. The number of nitrogens with zero attached hydrogens (tertiary/aromatic N) is 4. The lowest BCUT2D eigenvalue weighted by molar-refractivity contribution is 0.0159. The van der Waals surface area contributed by atoms with Crippen molar-refractivity contribution in [3.63, 3.8) is 0 Å². The Morgan fingerprint density at radius 1 is 1.32 bits per heavy atom. The molecule has 22 heavy (non-hydrogen) atoms. The van der Waals surface area contributed by atoms with Crippen LogP contribution >= 0.6 is 0 Å². The molecule has 8 heteroatoms. The van der Waals surface area contributed by atoms with E-state index < -0.39 is 18.5 Å². The largest absolute Gasteiger partial charge is 0.323 e. The molecule has 116 valence electrons. The summed E-state index contributed by atoms with van der Waals surface area (Å²) >= 11 is 0. The maximum Gasteiger partial charge on any atom is 0.323 e. The van der Waals surface area contributed by atoms with Crippen molar-refractivity contribution >= 4 is 11.8 Å². The number of halogens is 2. The molecular formula is C14H15F2N5O. The van der Waals surface area contributed by atoms with Gasteiger partial charge in [-0.2, -0.15) is 0 Å². The van der Waals surface area contributed by atoms with Gasteiger partial charge in [0.25, 0.3) is 5.92 Å². The molecule has 0 bridgehead atoms. The van der Waals surface area contributed by atoms with Crippen LogP contribution in [0.4, 0.5) is 19.4 Å². The topological polar surface area (TPSA) is 63.1 Å². The molecule has 1 aliphatic heterocycles. The number of aromatic nitrogens is 3. The van der Waals surface area contributed by atoms with Gasteiger partial charge in [0.2, 0.25) is 0 Å². The summed E-state index contributed by atoms with van der Waals surface area (Å²) in [5.74, 6) is -2.56. The van der Waals surface area contributed by atoms with E-state index >= 15 is 0 Å². The van der Waals surface area contributed by atoms with Crippen LogP contribution in [0.2, 0.25) is 0 Å². The number of amides is 2. The Hall–Kier alpha value is -2.51. The average molecular weight is 307 g/mol. The highest BCUT2D eigenvalue weighted by molar-refractivity contribution is 5.88. The minimum absolute atomic E-state index is 0.0387. The van der Waals surface area contributed by atoms with E-state index in [-0.39, 0.29) is 18.8 Å². The van der Waals surface area contributed by atoms with Crippen LogP contribution in [0.1, 0.15) is 12.0 Å². The first kappa shape index (κ1) is 14.4. The van der Waals surface area contributed by atoms with Crippen molar-refractivity contribution in [1.29, 1.82) is 0 Å². The molecule has 0 radical (unpaired) electrons. The van der Waals surface area contributed by atoms with Gasteiger partial charge in [0.1, 0.15) is 0 Å². The molecule has 0 saturated carbocycles. The first-order chi connectivity index (χ1) is 10.5. The van der Waals surface area contributed by atoms with Gasteiger partial charge in [-0.05, 0) is 5.56 Å². The molecule has 2 heterocycles. The summed E-state index contributed by atoms with van der Waals surface area (Å²) in [5, 5.41) is 10.2. The Morgan fingerprint density at radius 2 is 2.09 bits per heavy atom. The highest BCUT2D eigenvalue weighted by Crippen LogP contribution is 2.27. The Bertz CT molecular complexity index is 658. The highest BCUT2D eigenvalue weighted by atomic mass is 19.3. The van der Waals surface area contributed by atoms with Crippen molar-refractivity contribution < 1.29 is 13.6 Å². The molecule has 1 aromatic heterocycles. The number of urea groups is 1. The van der Waals surface area contributed by atoms with Crippen molar-refractivity contribution in [2.45, 2.75) is 18.9 Å². The predicted octanol–water partition coefficient (Wildman–Crippen LogP) is 2.20. The Balaban J connectivity index is 1.59. The van der Waals surface area contributed by atoms with Gasteiger partial charge in [-0.3, -0.25) is 5.32 Å². The number of likely N-dealkylation sites (tertiary alicyclic amines) is 1. The van der Waals surface area contributed by atoms with Gasteiger partial charge in [0, 0.05) is 13.0 Å². The zero-order valence-corrected chi connectivity index (χ0v) is 11.7. The minimum Gasteiger partial charge on any atom is -0.318 e. The Morgan fingerprint density at radius 3 is 2.77 bits per heavy atom. The standard InChI is InChI=1S/C14H15F2N5O/c15-14(16)6-7-20(10-14)13(22)17-12-9-21(19-18-12)8-11-4-2-1-3-5-11/h1-5,9H,6-8,10H2,(H,17,22). The van der Waals surface area contributed by atoms with Crippen LogP contribution in [-0.2, 0) is 6.54 Å². The normalized spacial score (nSPS) is 16.7. The van der Waals surface area contributed by atoms with Gasteiger partial charge >= 0.3 is 6.03 Å². The molecule has 0 spiro atoms. The second-order valence-corrected chi connectivity index (χ2v) is 5.24. The van der Waals surface area contributed by atoms with E-state index in [4.69, 9.17) is 0 Å². The van der Waals surface area contributed by atoms with E-state index in [9.17, 15) is 13.6 Å². The number of carbonyl (C=O) groups is 1. The van der Waals surface area contributed by atoms with Gasteiger partial charge in [-0.1, -0.05) is 35.5 Å². The predicted molar refractivity (Wildman–Crippen MR) is 75.7 cm³/mol. The quantitative estimate of drug-likeness (QED) is 0.945. The summed E-state index contributed by atoms with van der Waals surface area (Å²) in [5.41, 5.74) is 1.05. The third-order valence-corrected chi connectivity index (χ3v) is 3.42. The van der Waals surface area contributed by atoms with E-state index in [1.165, 1.54) is 0 Å². The third-order valence-electron chi connectivity index (χ3n) is 3.42. The van der Waals surface area contributed by atoms with Crippen LogP contribution in [-0.4, -0.2) is 44.9 Å². The molecule has 1 aromatic carbocycles. The van der Waals surface area contributed by atoms with E-state index in [1.54, 1.807) is 10.9 Å². The summed E-state index contributed by atoms with van der Waals surface area (Å²) in [4.78, 5) is 13.0. The van der Waals surface area contributed by atoms with Crippen LogP contribution in [0.3, 0.4) is 0 Å². The molecule has 1 aliphatic rings. The monoisotopic (exact) mass is 307 g/mol. The fourth-order valence-electron chi connectivity index (χ4n) is 2.30. The number of benzene rings is 1. The molecule has 0 aliphatic carbocycles. The molecule has 2 aromatic rings.